The van der Waals surface area contributed by atoms with E-state index in [9.17, 15) is 9.59 Å². The number of aryl methyl sites for hydroxylation is 2. The van der Waals surface area contributed by atoms with E-state index < -0.39 is 11.2 Å². The minimum atomic E-state index is -0.570. The Balaban J connectivity index is 2.81. The van der Waals surface area contributed by atoms with Crippen molar-refractivity contribution in [3.63, 3.8) is 0 Å². The van der Waals surface area contributed by atoms with Gasteiger partial charge in [0.2, 0.25) is 5.13 Å². The summed E-state index contributed by atoms with van der Waals surface area (Å²) in [6.07, 6.45) is 0. The van der Waals surface area contributed by atoms with E-state index in [0.717, 1.165) is 15.1 Å². The van der Waals surface area contributed by atoms with Gasteiger partial charge in [-0.1, -0.05) is 11.6 Å². The average molecular weight is 272 g/mol. The summed E-state index contributed by atoms with van der Waals surface area (Å²) in [5.74, 6) is 0. The number of nitrogens with zero attached hydrogens (tertiary/aromatic N) is 2. The Morgan fingerprint density at radius 2 is 1.94 bits per heavy atom. The van der Waals surface area contributed by atoms with E-state index >= 15 is 0 Å². The summed E-state index contributed by atoms with van der Waals surface area (Å²) in [5.41, 5.74) is 0.104. The van der Waals surface area contributed by atoms with Crippen molar-refractivity contribution in [1.82, 2.24) is 14.5 Å². The van der Waals surface area contributed by atoms with Crippen LogP contribution in [0, 0.1) is 20.8 Å². The molecule has 0 fully saturated rings. The van der Waals surface area contributed by atoms with Gasteiger partial charge in [0.25, 0.3) is 5.56 Å². The number of hydrogen-bond donors (Lipinski definition) is 1. The lowest BCUT2D eigenvalue weighted by Gasteiger charge is -2.02. The van der Waals surface area contributed by atoms with Crippen LogP contribution in [0.25, 0.3) is 5.13 Å². The van der Waals surface area contributed by atoms with Crippen molar-refractivity contribution in [2.24, 2.45) is 0 Å². The summed E-state index contributed by atoms with van der Waals surface area (Å²) in [7, 11) is 0. The first-order valence-electron chi connectivity index (χ1n) is 4.87. The molecule has 0 bridgehead atoms. The van der Waals surface area contributed by atoms with Crippen LogP contribution < -0.4 is 11.2 Å². The van der Waals surface area contributed by atoms with Crippen molar-refractivity contribution in [2.75, 3.05) is 0 Å². The van der Waals surface area contributed by atoms with Crippen LogP contribution in [0.1, 0.15) is 16.1 Å². The predicted octanol–water partition coefficient (Wildman–Crippen LogP) is 1.56. The molecule has 7 heteroatoms. The second kappa shape index (κ2) is 4.12. The maximum absolute atomic E-state index is 12.0. The molecule has 1 N–H and O–H groups in total. The Morgan fingerprint density at radius 3 is 2.47 bits per heavy atom. The van der Waals surface area contributed by atoms with Crippen LogP contribution >= 0.6 is 22.9 Å². The van der Waals surface area contributed by atoms with Crippen LogP contribution in [-0.4, -0.2) is 14.5 Å². The summed E-state index contributed by atoms with van der Waals surface area (Å²) in [6, 6.07) is 0. The van der Waals surface area contributed by atoms with Gasteiger partial charge in [-0.2, -0.15) is 0 Å². The highest BCUT2D eigenvalue weighted by molar-refractivity contribution is 7.14. The van der Waals surface area contributed by atoms with Gasteiger partial charge in [-0.05, 0) is 20.8 Å². The van der Waals surface area contributed by atoms with E-state index in [2.05, 4.69) is 9.97 Å². The molecule has 0 saturated heterocycles. The molecule has 0 radical (unpaired) electrons. The third-order valence-corrected chi connectivity index (χ3v) is 3.92. The molecule has 5 nitrogen and oxygen atoms in total. The zero-order valence-electron chi connectivity index (χ0n) is 9.50. The number of thiazole rings is 1. The Labute approximate surface area is 106 Å². The maximum Gasteiger partial charge on any atom is 0.336 e. The van der Waals surface area contributed by atoms with E-state index in [1.807, 2.05) is 13.8 Å². The van der Waals surface area contributed by atoms with Crippen LogP contribution in [0.15, 0.2) is 9.59 Å². The highest BCUT2D eigenvalue weighted by Crippen LogP contribution is 2.18. The van der Waals surface area contributed by atoms with Gasteiger partial charge in [0.05, 0.1) is 11.3 Å². The normalized spacial score (nSPS) is 10.8. The van der Waals surface area contributed by atoms with Crippen molar-refractivity contribution < 1.29 is 0 Å². The molecule has 2 aromatic rings. The summed E-state index contributed by atoms with van der Waals surface area (Å²) < 4.78 is 1.01. The quantitative estimate of drug-likeness (QED) is 0.801. The number of aromatic nitrogens is 3. The van der Waals surface area contributed by atoms with Crippen molar-refractivity contribution >= 4 is 22.9 Å². The van der Waals surface area contributed by atoms with Gasteiger partial charge in [0.15, 0.2) is 0 Å². The minimum absolute atomic E-state index is 0.0706. The number of hydrogen-bond acceptors (Lipinski definition) is 4. The second-order valence-corrected chi connectivity index (χ2v) is 5.21. The molecule has 0 aliphatic heterocycles. The Kier molecular flexibility index (Phi) is 2.92. The Bertz CT molecular complexity index is 679. The standard InChI is InChI=1S/C10H10ClN3O2S/c1-4-7(11)13-9(16)14(8(4)15)10-12-5(2)6(3)17-10/h1-3H3,(H,13,16). The van der Waals surface area contributed by atoms with Crippen LogP contribution in [0.4, 0.5) is 0 Å². The molecule has 0 aliphatic carbocycles. The van der Waals surface area contributed by atoms with Gasteiger partial charge in [0, 0.05) is 4.88 Å². The monoisotopic (exact) mass is 271 g/mol. The van der Waals surface area contributed by atoms with Crippen molar-refractivity contribution in [3.8, 4) is 5.13 Å². The first-order chi connectivity index (χ1) is 7.91. The molecule has 2 rings (SSSR count). The zero-order valence-corrected chi connectivity index (χ0v) is 11.1. The summed E-state index contributed by atoms with van der Waals surface area (Å²) in [6.45, 7) is 5.28. The van der Waals surface area contributed by atoms with Crippen LogP contribution in [-0.2, 0) is 0 Å². The number of H-pyrrole nitrogens is 1. The number of nitrogens with one attached hydrogen (secondary N) is 1. The van der Waals surface area contributed by atoms with Crippen LogP contribution in [0.3, 0.4) is 0 Å². The fourth-order valence-electron chi connectivity index (χ4n) is 1.32. The molecule has 90 valence electrons. The predicted molar refractivity (Wildman–Crippen MR) is 67.6 cm³/mol. The lowest BCUT2D eigenvalue weighted by atomic mass is 10.4. The fraction of sp³-hybridized carbons (Fsp3) is 0.300. The third-order valence-electron chi connectivity index (χ3n) is 2.48. The molecule has 17 heavy (non-hydrogen) atoms. The fourth-order valence-corrected chi connectivity index (χ4v) is 2.39. The first kappa shape index (κ1) is 12.1. The SMILES string of the molecule is Cc1nc(-n2c(=O)[nH]c(Cl)c(C)c2=O)sc1C. The second-order valence-electron chi connectivity index (χ2n) is 3.65. The molecule has 0 aromatic carbocycles. The Hall–Kier alpha value is -1.40. The average Bonchev–Trinajstić information content (AvgIpc) is 2.56. The van der Waals surface area contributed by atoms with E-state index in [4.69, 9.17) is 11.6 Å². The van der Waals surface area contributed by atoms with Crippen molar-refractivity contribution in [1.29, 1.82) is 0 Å². The molecule has 0 aliphatic rings. The molecular weight excluding hydrogens is 262 g/mol. The molecule has 0 spiro atoms. The smallest absolute Gasteiger partial charge is 0.297 e. The summed E-state index contributed by atoms with van der Waals surface area (Å²) >= 11 is 7.03. The molecule has 0 amide bonds. The molecular formula is C10H10ClN3O2S. The highest BCUT2D eigenvalue weighted by atomic mass is 35.5. The topological polar surface area (TPSA) is 67.8 Å². The molecule has 0 atom stereocenters. The lowest BCUT2D eigenvalue weighted by Crippen LogP contribution is -2.35. The number of rotatable bonds is 1. The number of halogens is 1. The molecule has 0 unspecified atom stereocenters. The van der Waals surface area contributed by atoms with Crippen LogP contribution in [0.5, 0.6) is 0 Å². The van der Waals surface area contributed by atoms with Gasteiger partial charge < -0.3 is 0 Å². The zero-order chi connectivity index (χ0) is 12.7. The van der Waals surface area contributed by atoms with Gasteiger partial charge in [-0.25, -0.2) is 14.3 Å². The molecule has 2 heterocycles. The van der Waals surface area contributed by atoms with Crippen LogP contribution in [0.2, 0.25) is 5.15 Å². The minimum Gasteiger partial charge on any atom is -0.297 e. The molecule has 2 aromatic heterocycles. The summed E-state index contributed by atoms with van der Waals surface area (Å²) in [4.78, 5) is 31.3. The summed E-state index contributed by atoms with van der Waals surface area (Å²) in [5, 5.41) is 0.437. The van der Waals surface area contributed by atoms with Gasteiger partial charge in [0.1, 0.15) is 5.15 Å². The van der Waals surface area contributed by atoms with E-state index in [0.29, 0.717) is 10.7 Å². The van der Waals surface area contributed by atoms with Crippen molar-refractivity contribution in [3.05, 3.63) is 42.1 Å². The van der Waals surface area contributed by atoms with Gasteiger partial charge in [-0.3, -0.25) is 9.78 Å². The first-order valence-corrected chi connectivity index (χ1v) is 6.07. The Morgan fingerprint density at radius 1 is 1.29 bits per heavy atom. The van der Waals surface area contributed by atoms with Gasteiger partial charge in [-0.15, -0.1) is 11.3 Å². The van der Waals surface area contributed by atoms with Gasteiger partial charge >= 0.3 is 5.69 Å². The number of aromatic amines is 1. The highest BCUT2D eigenvalue weighted by Gasteiger charge is 2.14. The largest absolute Gasteiger partial charge is 0.336 e. The third kappa shape index (κ3) is 1.94. The van der Waals surface area contributed by atoms with Crippen molar-refractivity contribution in [2.45, 2.75) is 20.8 Å². The van der Waals surface area contributed by atoms with E-state index in [-0.39, 0.29) is 5.15 Å². The van der Waals surface area contributed by atoms with E-state index in [1.54, 1.807) is 6.92 Å². The lowest BCUT2D eigenvalue weighted by molar-refractivity contribution is 0.848. The van der Waals surface area contributed by atoms with E-state index in [1.165, 1.54) is 11.3 Å². The molecule has 0 saturated carbocycles. The maximum atomic E-state index is 12.0.